The molecule has 0 aliphatic rings. The monoisotopic (exact) mass is 237 g/mol. The normalized spacial score (nSPS) is 13.6. The number of halogens is 4. The van der Waals surface area contributed by atoms with Crippen molar-refractivity contribution in [3.8, 4) is 5.75 Å². The SMILES string of the molecule is N[C@@H](CCF)c1ccc(OC(F)(F)F)cc1. The summed E-state index contributed by atoms with van der Waals surface area (Å²) in [5.41, 5.74) is 6.16. The fourth-order valence-electron chi connectivity index (χ4n) is 1.20. The summed E-state index contributed by atoms with van der Waals surface area (Å²) in [6.07, 6.45) is -4.57. The Morgan fingerprint density at radius 3 is 2.19 bits per heavy atom. The van der Waals surface area contributed by atoms with Gasteiger partial charge in [0.15, 0.2) is 0 Å². The van der Waals surface area contributed by atoms with Gasteiger partial charge >= 0.3 is 6.36 Å². The second-order valence-corrected chi connectivity index (χ2v) is 3.20. The van der Waals surface area contributed by atoms with E-state index in [1.807, 2.05) is 0 Å². The Kier molecular flexibility index (Phi) is 4.12. The van der Waals surface area contributed by atoms with Crippen LogP contribution in [-0.2, 0) is 0 Å². The number of nitrogens with two attached hydrogens (primary N) is 1. The predicted octanol–water partition coefficient (Wildman–Crippen LogP) is 2.94. The van der Waals surface area contributed by atoms with Crippen LogP contribution in [0, 0.1) is 0 Å². The molecule has 0 aromatic heterocycles. The van der Waals surface area contributed by atoms with Gasteiger partial charge in [-0.3, -0.25) is 4.39 Å². The Morgan fingerprint density at radius 2 is 1.75 bits per heavy atom. The standard InChI is InChI=1S/C10H11F4NO/c11-6-5-9(15)7-1-3-8(4-2-7)16-10(12,13)14/h1-4,9H,5-6,15H2/t9-/m0/s1. The number of hydrogen-bond donors (Lipinski definition) is 1. The van der Waals surface area contributed by atoms with Gasteiger partial charge in [0.2, 0.25) is 0 Å². The van der Waals surface area contributed by atoms with E-state index < -0.39 is 19.1 Å². The lowest BCUT2D eigenvalue weighted by Crippen LogP contribution is -2.17. The van der Waals surface area contributed by atoms with Crippen LogP contribution in [0.3, 0.4) is 0 Å². The summed E-state index contributed by atoms with van der Waals surface area (Å²) in [5.74, 6) is -0.316. The maximum Gasteiger partial charge on any atom is 0.573 e. The molecule has 90 valence electrons. The van der Waals surface area contributed by atoms with E-state index in [9.17, 15) is 17.6 Å². The lowest BCUT2D eigenvalue weighted by atomic mass is 10.1. The van der Waals surface area contributed by atoms with Crippen LogP contribution in [0.2, 0.25) is 0 Å². The van der Waals surface area contributed by atoms with Gasteiger partial charge in [-0.05, 0) is 24.1 Å². The average molecular weight is 237 g/mol. The van der Waals surface area contributed by atoms with Crippen molar-refractivity contribution in [2.45, 2.75) is 18.8 Å². The second kappa shape index (κ2) is 5.16. The van der Waals surface area contributed by atoms with Crippen LogP contribution in [0.15, 0.2) is 24.3 Å². The van der Waals surface area contributed by atoms with E-state index in [0.29, 0.717) is 5.56 Å². The van der Waals surface area contributed by atoms with E-state index in [4.69, 9.17) is 5.73 Å². The van der Waals surface area contributed by atoms with Gasteiger partial charge in [-0.1, -0.05) is 12.1 Å². The molecular weight excluding hydrogens is 226 g/mol. The molecule has 0 amide bonds. The van der Waals surface area contributed by atoms with Gasteiger partial charge in [-0.25, -0.2) is 0 Å². The second-order valence-electron chi connectivity index (χ2n) is 3.20. The zero-order valence-corrected chi connectivity index (χ0v) is 8.30. The van der Waals surface area contributed by atoms with Crippen LogP contribution in [0.1, 0.15) is 18.0 Å². The fraction of sp³-hybridized carbons (Fsp3) is 0.400. The van der Waals surface area contributed by atoms with E-state index in [1.165, 1.54) is 12.1 Å². The highest BCUT2D eigenvalue weighted by atomic mass is 19.4. The topological polar surface area (TPSA) is 35.2 Å². The van der Waals surface area contributed by atoms with E-state index in [2.05, 4.69) is 4.74 Å². The highest BCUT2D eigenvalue weighted by Crippen LogP contribution is 2.24. The Hall–Kier alpha value is -1.30. The molecule has 1 rings (SSSR count). The molecule has 0 aliphatic carbocycles. The molecule has 0 saturated heterocycles. The van der Waals surface area contributed by atoms with Gasteiger partial charge in [-0.15, -0.1) is 13.2 Å². The quantitative estimate of drug-likeness (QED) is 0.817. The molecule has 1 atom stereocenters. The minimum Gasteiger partial charge on any atom is -0.406 e. The molecule has 0 radical (unpaired) electrons. The van der Waals surface area contributed by atoms with E-state index >= 15 is 0 Å². The first-order valence-electron chi connectivity index (χ1n) is 4.59. The van der Waals surface area contributed by atoms with Crippen molar-refractivity contribution in [3.63, 3.8) is 0 Å². The third-order valence-electron chi connectivity index (χ3n) is 1.96. The highest BCUT2D eigenvalue weighted by molar-refractivity contribution is 5.29. The lowest BCUT2D eigenvalue weighted by molar-refractivity contribution is -0.274. The number of rotatable bonds is 4. The van der Waals surface area contributed by atoms with Crippen molar-refractivity contribution in [1.29, 1.82) is 0 Å². The third-order valence-corrected chi connectivity index (χ3v) is 1.96. The van der Waals surface area contributed by atoms with Crippen molar-refractivity contribution in [1.82, 2.24) is 0 Å². The Morgan fingerprint density at radius 1 is 1.19 bits per heavy atom. The van der Waals surface area contributed by atoms with Crippen LogP contribution < -0.4 is 10.5 Å². The van der Waals surface area contributed by atoms with Crippen molar-refractivity contribution in [2.75, 3.05) is 6.67 Å². The van der Waals surface area contributed by atoms with Crippen molar-refractivity contribution < 1.29 is 22.3 Å². The summed E-state index contributed by atoms with van der Waals surface area (Å²) in [5, 5.41) is 0. The Bertz CT molecular complexity index is 323. The van der Waals surface area contributed by atoms with Crippen LogP contribution in [0.4, 0.5) is 17.6 Å². The molecule has 6 heteroatoms. The zero-order valence-electron chi connectivity index (χ0n) is 8.30. The van der Waals surface area contributed by atoms with Crippen LogP contribution >= 0.6 is 0 Å². The molecule has 16 heavy (non-hydrogen) atoms. The minimum atomic E-state index is -4.71. The van der Waals surface area contributed by atoms with E-state index in [-0.39, 0.29) is 12.2 Å². The molecule has 1 aromatic carbocycles. The summed E-state index contributed by atoms with van der Waals surface area (Å²) in [7, 11) is 0. The van der Waals surface area contributed by atoms with Crippen molar-refractivity contribution in [3.05, 3.63) is 29.8 Å². The third kappa shape index (κ3) is 4.06. The summed E-state index contributed by atoms with van der Waals surface area (Å²) in [6, 6.07) is 4.58. The Labute approximate surface area is 90.0 Å². The minimum absolute atomic E-state index is 0.138. The molecular formula is C10H11F4NO. The van der Waals surface area contributed by atoms with Gasteiger partial charge in [0.25, 0.3) is 0 Å². The summed E-state index contributed by atoms with van der Waals surface area (Å²) in [6.45, 7) is -0.567. The summed E-state index contributed by atoms with van der Waals surface area (Å²) in [4.78, 5) is 0. The molecule has 2 nitrogen and oxygen atoms in total. The first kappa shape index (κ1) is 12.8. The van der Waals surface area contributed by atoms with Crippen LogP contribution in [-0.4, -0.2) is 13.0 Å². The number of benzene rings is 1. The molecule has 0 heterocycles. The smallest absolute Gasteiger partial charge is 0.406 e. The van der Waals surface area contributed by atoms with Crippen molar-refractivity contribution >= 4 is 0 Å². The number of hydrogen-bond acceptors (Lipinski definition) is 2. The first-order chi connectivity index (χ1) is 7.42. The summed E-state index contributed by atoms with van der Waals surface area (Å²) >= 11 is 0. The van der Waals surface area contributed by atoms with Gasteiger partial charge < -0.3 is 10.5 Å². The molecule has 0 saturated carbocycles. The lowest BCUT2D eigenvalue weighted by Gasteiger charge is -2.12. The van der Waals surface area contributed by atoms with E-state index in [1.54, 1.807) is 0 Å². The largest absolute Gasteiger partial charge is 0.573 e. The van der Waals surface area contributed by atoms with E-state index in [0.717, 1.165) is 12.1 Å². The van der Waals surface area contributed by atoms with Crippen molar-refractivity contribution in [2.24, 2.45) is 5.73 Å². The van der Waals surface area contributed by atoms with Gasteiger partial charge in [0.1, 0.15) is 5.75 Å². The molecule has 1 aromatic rings. The molecule has 2 N–H and O–H groups in total. The number of ether oxygens (including phenoxy) is 1. The zero-order chi connectivity index (χ0) is 12.2. The molecule has 0 unspecified atom stereocenters. The Balaban J connectivity index is 2.68. The molecule has 0 fully saturated rings. The van der Waals surface area contributed by atoms with Gasteiger partial charge in [0, 0.05) is 6.04 Å². The van der Waals surface area contributed by atoms with Gasteiger partial charge in [0.05, 0.1) is 6.67 Å². The fourth-order valence-corrected chi connectivity index (χ4v) is 1.20. The molecule has 0 aliphatic heterocycles. The number of alkyl halides is 4. The molecule has 0 bridgehead atoms. The maximum atomic E-state index is 12.0. The first-order valence-corrected chi connectivity index (χ1v) is 4.59. The highest BCUT2D eigenvalue weighted by Gasteiger charge is 2.30. The average Bonchev–Trinajstić information content (AvgIpc) is 2.16. The predicted molar refractivity (Wildman–Crippen MR) is 50.6 cm³/mol. The van der Waals surface area contributed by atoms with Gasteiger partial charge in [-0.2, -0.15) is 0 Å². The van der Waals surface area contributed by atoms with Crippen LogP contribution in [0.5, 0.6) is 5.75 Å². The van der Waals surface area contributed by atoms with Crippen LogP contribution in [0.25, 0.3) is 0 Å². The molecule has 0 spiro atoms. The maximum absolute atomic E-state index is 12.0. The summed E-state index contributed by atoms with van der Waals surface area (Å²) < 4.78 is 51.1.